The Morgan fingerprint density at radius 2 is 1.87 bits per heavy atom. The molecule has 0 aliphatic carbocycles. The van der Waals surface area contributed by atoms with Gasteiger partial charge in [-0.15, -0.1) is 0 Å². The molecule has 30 heavy (non-hydrogen) atoms. The molecule has 5 rings (SSSR count). The fraction of sp³-hybridized carbons (Fsp3) is 0.400. The van der Waals surface area contributed by atoms with Gasteiger partial charge in [0.05, 0.1) is 17.4 Å². The van der Waals surface area contributed by atoms with Crippen LogP contribution in [0.4, 0.5) is 0 Å². The van der Waals surface area contributed by atoms with Crippen molar-refractivity contribution in [3.05, 3.63) is 53.2 Å². The number of likely N-dealkylation sites (tertiary alicyclic amines) is 1. The van der Waals surface area contributed by atoms with E-state index in [9.17, 15) is 13.2 Å². The molecule has 2 fully saturated rings. The monoisotopic (exact) mass is 428 g/mol. The highest BCUT2D eigenvalue weighted by Gasteiger charge is 2.64. The molecular weight excluding hydrogens is 408 g/mol. The summed E-state index contributed by atoms with van der Waals surface area (Å²) in [6.45, 7) is 3.54. The maximum Gasteiger partial charge on any atom is 0.259 e. The number of sulfone groups is 1. The van der Waals surface area contributed by atoms with Gasteiger partial charge in [0.15, 0.2) is 9.84 Å². The maximum absolute atomic E-state index is 13.0. The molecule has 2 saturated heterocycles. The lowest BCUT2D eigenvalue weighted by atomic mass is 9.82. The number of hydrogen-bond donors (Lipinski definition) is 0. The average molecular weight is 428 g/mol. The van der Waals surface area contributed by atoms with E-state index in [1.807, 2.05) is 30.3 Å². The second kappa shape index (κ2) is 6.49. The Morgan fingerprint density at radius 1 is 1.13 bits per heavy atom. The van der Waals surface area contributed by atoms with E-state index in [0.29, 0.717) is 35.2 Å². The summed E-state index contributed by atoms with van der Waals surface area (Å²) in [5, 5.41) is 7.85. The Balaban J connectivity index is 1.43. The molecule has 10 heteroatoms. The van der Waals surface area contributed by atoms with Crippen molar-refractivity contribution in [2.24, 2.45) is 0 Å². The summed E-state index contributed by atoms with van der Waals surface area (Å²) >= 11 is 0. The van der Waals surface area contributed by atoms with Crippen LogP contribution in [-0.2, 0) is 9.84 Å². The number of nitrogens with zero attached hydrogens (tertiary/aromatic N) is 4. The zero-order chi connectivity index (χ0) is 21.1. The van der Waals surface area contributed by atoms with E-state index in [0.717, 1.165) is 5.56 Å². The van der Waals surface area contributed by atoms with Gasteiger partial charge in [0.2, 0.25) is 11.7 Å². The van der Waals surface area contributed by atoms with E-state index in [2.05, 4.69) is 15.3 Å². The van der Waals surface area contributed by atoms with E-state index in [-0.39, 0.29) is 24.7 Å². The lowest BCUT2D eigenvalue weighted by Gasteiger charge is -2.48. The minimum absolute atomic E-state index is 0.0358. The van der Waals surface area contributed by atoms with Crippen molar-refractivity contribution >= 4 is 15.7 Å². The highest BCUT2D eigenvalue weighted by molar-refractivity contribution is 7.93. The molecular formula is C20H20N4O5S. The van der Waals surface area contributed by atoms with Gasteiger partial charge in [0, 0.05) is 18.7 Å². The van der Waals surface area contributed by atoms with Crippen LogP contribution in [-0.4, -0.2) is 58.1 Å². The fourth-order valence-corrected chi connectivity index (χ4v) is 6.80. The lowest BCUT2D eigenvalue weighted by Crippen LogP contribution is -2.67. The molecule has 2 aliphatic rings. The summed E-state index contributed by atoms with van der Waals surface area (Å²) in [5.74, 6) is 0.476. The van der Waals surface area contributed by atoms with Crippen LogP contribution in [0.1, 0.15) is 40.0 Å². The van der Waals surface area contributed by atoms with Crippen LogP contribution in [0.5, 0.6) is 0 Å². The predicted octanol–water partition coefficient (Wildman–Crippen LogP) is 2.14. The molecule has 3 aromatic rings. The van der Waals surface area contributed by atoms with Crippen molar-refractivity contribution in [3.63, 3.8) is 0 Å². The minimum atomic E-state index is -3.42. The smallest absolute Gasteiger partial charge is 0.259 e. The Bertz CT molecular complexity index is 1210. The molecule has 4 heterocycles. The van der Waals surface area contributed by atoms with Gasteiger partial charge >= 0.3 is 0 Å². The number of aromatic nitrogens is 3. The SMILES string of the molecule is Cc1noc(C)c1C(=O)N1CC2(C1)C(c1nc(-c3ccccc3)no1)CCS2(=O)=O. The number of carbonyl (C=O) groups excluding carboxylic acids is 1. The number of hydrogen-bond acceptors (Lipinski definition) is 8. The van der Waals surface area contributed by atoms with Crippen LogP contribution in [0.25, 0.3) is 11.4 Å². The molecule has 2 aromatic heterocycles. The first-order valence-electron chi connectivity index (χ1n) is 9.66. The fourth-order valence-electron chi connectivity index (χ4n) is 4.49. The average Bonchev–Trinajstić information content (AvgIpc) is 3.36. The molecule has 1 atom stereocenters. The van der Waals surface area contributed by atoms with Gasteiger partial charge < -0.3 is 13.9 Å². The van der Waals surface area contributed by atoms with E-state index in [4.69, 9.17) is 9.05 Å². The molecule has 1 amide bonds. The largest absolute Gasteiger partial charge is 0.361 e. The Hall–Kier alpha value is -3.01. The summed E-state index contributed by atoms with van der Waals surface area (Å²) < 4.78 is 35.4. The topological polar surface area (TPSA) is 119 Å². The first-order chi connectivity index (χ1) is 14.3. The third kappa shape index (κ3) is 2.63. The molecule has 9 nitrogen and oxygen atoms in total. The molecule has 0 radical (unpaired) electrons. The number of aryl methyl sites for hydroxylation is 2. The highest BCUT2D eigenvalue weighted by Crippen LogP contribution is 2.50. The van der Waals surface area contributed by atoms with Crippen molar-refractivity contribution < 1.29 is 22.3 Å². The highest BCUT2D eigenvalue weighted by atomic mass is 32.2. The number of benzene rings is 1. The molecule has 0 bridgehead atoms. The minimum Gasteiger partial charge on any atom is -0.361 e. The van der Waals surface area contributed by atoms with Crippen LogP contribution in [0.3, 0.4) is 0 Å². The van der Waals surface area contributed by atoms with Gasteiger partial charge in [-0.2, -0.15) is 4.98 Å². The van der Waals surface area contributed by atoms with Crippen LogP contribution in [0.2, 0.25) is 0 Å². The van der Waals surface area contributed by atoms with Crippen molar-refractivity contribution in [1.29, 1.82) is 0 Å². The predicted molar refractivity (Wildman–Crippen MR) is 105 cm³/mol. The van der Waals surface area contributed by atoms with Gasteiger partial charge in [-0.05, 0) is 20.3 Å². The molecule has 1 unspecified atom stereocenters. The van der Waals surface area contributed by atoms with E-state index >= 15 is 0 Å². The zero-order valence-corrected chi connectivity index (χ0v) is 17.3. The number of carbonyl (C=O) groups is 1. The first kappa shape index (κ1) is 19.0. The normalized spacial score (nSPS) is 21.7. The van der Waals surface area contributed by atoms with Crippen LogP contribution < -0.4 is 0 Å². The Kier molecular flexibility index (Phi) is 4.11. The van der Waals surface area contributed by atoms with Crippen molar-refractivity contribution in [1.82, 2.24) is 20.2 Å². The molecule has 156 valence electrons. The molecule has 1 spiro atoms. The molecule has 0 N–H and O–H groups in total. The van der Waals surface area contributed by atoms with E-state index < -0.39 is 20.5 Å². The van der Waals surface area contributed by atoms with Gasteiger partial charge in [-0.3, -0.25) is 4.79 Å². The van der Waals surface area contributed by atoms with Crippen molar-refractivity contribution in [2.75, 3.05) is 18.8 Å². The van der Waals surface area contributed by atoms with Crippen molar-refractivity contribution in [2.45, 2.75) is 30.9 Å². The van der Waals surface area contributed by atoms with Crippen LogP contribution in [0, 0.1) is 13.8 Å². The summed E-state index contributed by atoms with van der Waals surface area (Å²) in [5.41, 5.74) is 1.68. The first-order valence-corrected chi connectivity index (χ1v) is 11.3. The quantitative estimate of drug-likeness (QED) is 0.622. The molecule has 2 aliphatic heterocycles. The lowest BCUT2D eigenvalue weighted by molar-refractivity contribution is 0.0501. The van der Waals surface area contributed by atoms with Gasteiger partial charge in [0.1, 0.15) is 16.1 Å². The summed E-state index contributed by atoms with van der Waals surface area (Å²) in [6, 6.07) is 9.36. The Morgan fingerprint density at radius 3 is 2.53 bits per heavy atom. The number of amides is 1. The van der Waals surface area contributed by atoms with E-state index in [1.54, 1.807) is 13.8 Å². The summed E-state index contributed by atoms with van der Waals surface area (Å²) in [7, 11) is -3.42. The Labute approximate surface area is 173 Å². The van der Waals surface area contributed by atoms with Gasteiger partial charge in [-0.25, -0.2) is 8.42 Å². The number of rotatable bonds is 3. The second-order valence-corrected chi connectivity index (χ2v) is 10.4. The molecule has 0 saturated carbocycles. The van der Waals surface area contributed by atoms with E-state index in [1.165, 1.54) is 4.90 Å². The second-order valence-electron chi connectivity index (χ2n) is 7.91. The summed E-state index contributed by atoms with van der Waals surface area (Å²) in [4.78, 5) is 18.9. The van der Waals surface area contributed by atoms with Crippen LogP contribution in [0.15, 0.2) is 39.4 Å². The van der Waals surface area contributed by atoms with Crippen LogP contribution >= 0.6 is 0 Å². The van der Waals surface area contributed by atoms with Gasteiger partial charge in [-0.1, -0.05) is 40.6 Å². The maximum atomic E-state index is 13.0. The third-order valence-electron chi connectivity index (χ3n) is 6.15. The summed E-state index contributed by atoms with van der Waals surface area (Å²) in [6.07, 6.45) is 0.395. The van der Waals surface area contributed by atoms with Gasteiger partial charge in [0.25, 0.3) is 5.91 Å². The van der Waals surface area contributed by atoms with Crippen molar-refractivity contribution in [3.8, 4) is 11.4 Å². The molecule has 1 aromatic carbocycles. The third-order valence-corrected chi connectivity index (χ3v) is 8.71. The zero-order valence-electron chi connectivity index (χ0n) is 16.5. The standard InChI is InChI=1S/C20H20N4O5S/c1-12-16(13(2)28-22-12)19(25)24-10-20(11-24)15(8-9-30(20,26)27)18-21-17(23-29-18)14-6-4-3-5-7-14/h3-7,15H,8-11H2,1-2H3.